The second-order valence-electron chi connectivity index (χ2n) is 4.20. The summed E-state index contributed by atoms with van der Waals surface area (Å²) in [4.78, 5) is 12.1. The Morgan fingerprint density at radius 2 is 2.00 bits per heavy atom. The topological polar surface area (TPSA) is 55.1 Å². The van der Waals surface area contributed by atoms with Crippen LogP contribution in [0.1, 0.15) is 22.8 Å². The normalized spacial score (nSPS) is 10.2. The highest BCUT2D eigenvalue weighted by Gasteiger charge is 2.09. The zero-order chi connectivity index (χ0) is 13.8. The molecule has 2 aromatic rings. The Labute approximate surface area is 121 Å². The first kappa shape index (κ1) is 13.6. The smallest absolute Gasteiger partial charge is 0.256 e. The lowest BCUT2D eigenvalue weighted by atomic mass is 10.1. The van der Waals surface area contributed by atoms with E-state index >= 15 is 0 Å². The molecule has 4 heteroatoms. The number of aryl methyl sites for hydroxylation is 1. The Morgan fingerprint density at radius 1 is 1.26 bits per heavy atom. The van der Waals surface area contributed by atoms with Crippen LogP contribution in [0.2, 0.25) is 0 Å². The fraction of sp³-hybridized carbons (Fsp3) is 0.133. The van der Waals surface area contributed by atoms with E-state index in [0.29, 0.717) is 16.9 Å². The van der Waals surface area contributed by atoms with E-state index in [1.165, 1.54) is 0 Å². The van der Waals surface area contributed by atoms with Crippen LogP contribution in [0.3, 0.4) is 0 Å². The number of nitrogens with one attached hydrogen (secondary N) is 1. The quantitative estimate of drug-likeness (QED) is 0.845. The van der Waals surface area contributed by atoms with Gasteiger partial charge in [0.05, 0.1) is 5.56 Å². The molecule has 0 saturated carbocycles. The molecule has 0 fully saturated rings. The molecule has 3 N–H and O–H groups in total. The number of benzene rings is 2. The SMILES string of the molecule is CCc1ccc(NC(=O)c2ccccc2Br)cc1N. The number of nitrogen functional groups attached to an aromatic ring is 1. The van der Waals surface area contributed by atoms with Gasteiger partial charge in [0.1, 0.15) is 0 Å². The Hall–Kier alpha value is -1.81. The van der Waals surface area contributed by atoms with E-state index in [2.05, 4.69) is 21.2 Å². The lowest BCUT2D eigenvalue weighted by molar-refractivity contribution is 0.102. The highest BCUT2D eigenvalue weighted by Crippen LogP contribution is 2.21. The molecule has 2 aromatic carbocycles. The van der Waals surface area contributed by atoms with Crippen molar-refractivity contribution >= 4 is 33.2 Å². The van der Waals surface area contributed by atoms with E-state index < -0.39 is 0 Å². The summed E-state index contributed by atoms with van der Waals surface area (Å²) in [6.07, 6.45) is 0.879. The van der Waals surface area contributed by atoms with E-state index in [4.69, 9.17) is 5.73 Å². The maximum atomic E-state index is 12.1. The number of hydrogen-bond donors (Lipinski definition) is 2. The summed E-state index contributed by atoms with van der Waals surface area (Å²) >= 11 is 3.36. The van der Waals surface area contributed by atoms with Crippen LogP contribution in [0.5, 0.6) is 0 Å². The fourth-order valence-corrected chi connectivity index (χ4v) is 2.30. The van der Waals surface area contributed by atoms with Gasteiger partial charge in [-0.3, -0.25) is 4.79 Å². The summed E-state index contributed by atoms with van der Waals surface area (Å²) < 4.78 is 0.769. The van der Waals surface area contributed by atoms with Gasteiger partial charge in [-0.25, -0.2) is 0 Å². The zero-order valence-electron chi connectivity index (χ0n) is 10.6. The predicted octanol–water partition coefficient (Wildman–Crippen LogP) is 3.85. The molecule has 1 amide bonds. The van der Waals surface area contributed by atoms with Gasteiger partial charge in [-0.2, -0.15) is 0 Å². The second-order valence-corrected chi connectivity index (χ2v) is 5.06. The number of hydrogen-bond acceptors (Lipinski definition) is 2. The molecule has 0 radical (unpaired) electrons. The van der Waals surface area contributed by atoms with Crippen LogP contribution < -0.4 is 11.1 Å². The summed E-state index contributed by atoms with van der Waals surface area (Å²) in [5, 5.41) is 2.84. The molecule has 0 aliphatic carbocycles. The van der Waals surface area contributed by atoms with Crippen LogP contribution in [0.25, 0.3) is 0 Å². The molecule has 0 spiro atoms. The Balaban J connectivity index is 2.20. The van der Waals surface area contributed by atoms with Gasteiger partial charge in [0.2, 0.25) is 0 Å². The van der Waals surface area contributed by atoms with Gasteiger partial charge in [0, 0.05) is 15.8 Å². The third kappa shape index (κ3) is 3.15. The molecule has 0 heterocycles. The maximum Gasteiger partial charge on any atom is 0.256 e. The largest absolute Gasteiger partial charge is 0.398 e. The average Bonchev–Trinajstić information content (AvgIpc) is 2.39. The Morgan fingerprint density at radius 3 is 2.63 bits per heavy atom. The number of amides is 1. The molecular formula is C15H15BrN2O. The molecule has 0 aliphatic heterocycles. The number of carbonyl (C=O) groups is 1. The summed E-state index contributed by atoms with van der Waals surface area (Å²) in [6.45, 7) is 2.05. The van der Waals surface area contributed by atoms with Crippen molar-refractivity contribution in [1.29, 1.82) is 0 Å². The molecule has 98 valence electrons. The van der Waals surface area contributed by atoms with Crippen LogP contribution in [0, 0.1) is 0 Å². The second kappa shape index (κ2) is 5.89. The van der Waals surface area contributed by atoms with Crippen molar-refractivity contribution in [3.63, 3.8) is 0 Å². The van der Waals surface area contributed by atoms with Crippen molar-refractivity contribution in [2.45, 2.75) is 13.3 Å². The van der Waals surface area contributed by atoms with Crippen LogP contribution in [0.4, 0.5) is 11.4 Å². The third-order valence-electron chi connectivity index (χ3n) is 2.90. The van der Waals surface area contributed by atoms with Gasteiger partial charge in [-0.15, -0.1) is 0 Å². The van der Waals surface area contributed by atoms with Crippen molar-refractivity contribution in [1.82, 2.24) is 0 Å². The van der Waals surface area contributed by atoms with Crippen LogP contribution >= 0.6 is 15.9 Å². The first-order valence-corrected chi connectivity index (χ1v) is 6.85. The highest BCUT2D eigenvalue weighted by atomic mass is 79.9. The third-order valence-corrected chi connectivity index (χ3v) is 3.59. The lowest BCUT2D eigenvalue weighted by Gasteiger charge is -2.09. The van der Waals surface area contributed by atoms with Gasteiger partial charge in [-0.1, -0.05) is 25.1 Å². The summed E-state index contributed by atoms with van der Waals surface area (Å²) in [5.41, 5.74) is 9.00. The predicted molar refractivity (Wildman–Crippen MR) is 82.3 cm³/mol. The van der Waals surface area contributed by atoms with Crippen molar-refractivity contribution in [2.75, 3.05) is 11.1 Å². The van der Waals surface area contributed by atoms with E-state index in [1.54, 1.807) is 12.1 Å². The Kier molecular flexibility index (Phi) is 4.22. The van der Waals surface area contributed by atoms with E-state index in [9.17, 15) is 4.79 Å². The van der Waals surface area contributed by atoms with Crippen molar-refractivity contribution in [3.8, 4) is 0 Å². The number of carbonyl (C=O) groups excluding carboxylic acids is 1. The molecule has 0 unspecified atom stereocenters. The van der Waals surface area contributed by atoms with Crippen molar-refractivity contribution in [3.05, 3.63) is 58.1 Å². The van der Waals surface area contributed by atoms with E-state index in [-0.39, 0.29) is 5.91 Å². The molecule has 0 atom stereocenters. The highest BCUT2D eigenvalue weighted by molar-refractivity contribution is 9.10. The molecule has 0 aromatic heterocycles. The molecular weight excluding hydrogens is 304 g/mol. The molecule has 0 saturated heterocycles. The van der Waals surface area contributed by atoms with Gasteiger partial charge in [0.15, 0.2) is 0 Å². The van der Waals surface area contributed by atoms with Crippen LogP contribution in [-0.2, 0) is 6.42 Å². The van der Waals surface area contributed by atoms with Crippen molar-refractivity contribution < 1.29 is 4.79 Å². The van der Waals surface area contributed by atoms with Crippen molar-refractivity contribution in [2.24, 2.45) is 0 Å². The van der Waals surface area contributed by atoms with E-state index in [1.807, 2.05) is 37.3 Å². The standard InChI is InChI=1S/C15H15BrN2O/c1-2-10-7-8-11(9-14(10)17)18-15(19)12-5-3-4-6-13(12)16/h3-9H,2,17H2,1H3,(H,18,19). The first-order chi connectivity index (χ1) is 9.11. The number of rotatable bonds is 3. The molecule has 0 aliphatic rings. The fourth-order valence-electron chi connectivity index (χ4n) is 1.84. The summed E-state index contributed by atoms with van der Waals surface area (Å²) in [6, 6.07) is 12.9. The molecule has 3 nitrogen and oxygen atoms in total. The minimum atomic E-state index is -0.156. The molecule has 0 bridgehead atoms. The van der Waals surface area contributed by atoms with Crippen LogP contribution in [0.15, 0.2) is 46.9 Å². The number of halogens is 1. The van der Waals surface area contributed by atoms with Gasteiger partial charge >= 0.3 is 0 Å². The first-order valence-electron chi connectivity index (χ1n) is 6.06. The molecule has 2 rings (SSSR count). The minimum Gasteiger partial charge on any atom is -0.398 e. The van der Waals surface area contributed by atoms with Gasteiger partial charge < -0.3 is 11.1 Å². The lowest BCUT2D eigenvalue weighted by Crippen LogP contribution is -2.12. The Bertz CT molecular complexity index is 611. The number of anilines is 2. The minimum absolute atomic E-state index is 0.156. The summed E-state index contributed by atoms with van der Waals surface area (Å²) in [7, 11) is 0. The van der Waals surface area contributed by atoms with Gasteiger partial charge in [-0.05, 0) is 52.2 Å². The zero-order valence-corrected chi connectivity index (χ0v) is 12.2. The average molecular weight is 319 g/mol. The monoisotopic (exact) mass is 318 g/mol. The van der Waals surface area contributed by atoms with Gasteiger partial charge in [0.25, 0.3) is 5.91 Å². The summed E-state index contributed by atoms with van der Waals surface area (Å²) in [5.74, 6) is -0.156. The number of nitrogens with two attached hydrogens (primary N) is 1. The molecule has 19 heavy (non-hydrogen) atoms. The van der Waals surface area contributed by atoms with E-state index in [0.717, 1.165) is 16.5 Å². The maximum absolute atomic E-state index is 12.1. The van der Waals surface area contributed by atoms with Crippen LogP contribution in [-0.4, -0.2) is 5.91 Å².